The Bertz CT molecular complexity index is 405. The van der Waals surface area contributed by atoms with Crippen LogP contribution in [-0.4, -0.2) is 23.4 Å². The Kier molecular flexibility index (Phi) is 3.37. The molecular formula is C14H19BrN2. The molecule has 0 bridgehead atoms. The lowest BCUT2D eigenvalue weighted by Crippen LogP contribution is -2.36. The molecule has 0 N–H and O–H groups in total. The van der Waals surface area contributed by atoms with Crippen molar-refractivity contribution in [2.24, 2.45) is 5.92 Å². The van der Waals surface area contributed by atoms with Crippen LogP contribution in [0.2, 0.25) is 0 Å². The fourth-order valence-corrected chi connectivity index (χ4v) is 3.51. The summed E-state index contributed by atoms with van der Waals surface area (Å²) in [7, 11) is 0. The third-order valence-corrected chi connectivity index (χ3v) is 4.89. The first-order valence-electron chi connectivity index (χ1n) is 6.66. The van der Waals surface area contributed by atoms with Crippen LogP contribution in [0.25, 0.3) is 0 Å². The maximum absolute atomic E-state index is 4.86. The normalized spacial score (nSPS) is 23.8. The molecule has 1 unspecified atom stereocenters. The fourth-order valence-electron chi connectivity index (χ4n) is 2.98. The first-order chi connectivity index (χ1) is 8.36. The first-order valence-corrected chi connectivity index (χ1v) is 7.78. The lowest BCUT2D eigenvalue weighted by molar-refractivity contribution is 0.452. The van der Waals surface area contributed by atoms with Crippen LogP contribution in [0.3, 0.4) is 0 Å². The summed E-state index contributed by atoms with van der Waals surface area (Å²) in [5.74, 6) is 2.00. The van der Waals surface area contributed by atoms with Crippen molar-refractivity contribution >= 4 is 21.7 Å². The molecule has 0 aromatic carbocycles. The molecule has 1 aromatic heterocycles. The van der Waals surface area contributed by atoms with Gasteiger partial charge in [0.1, 0.15) is 5.82 Å². The van der Waals surface area contributed by atoms with E-state index in [0.717, 1.165) is 17.8 Å². The molecule has 1 aromatic rings. The second-order valence-electron chi connectivity index (χ2n) is 5.24. The smallest absolute Gasteiger partial charge is 0.128 e. The van der Waals surface area contributed by atoms with Crippen molar-refractivity contribution in [1.29, 1.82) is 0 Å². The van der Waals surface area contributed by atoms with Crippen LogP contribution in [0.15, 0.2) is 12.1 Å². The van der Waals surface area contributed by atoms with E-state index in [1.165, 1.54) is 55.7 Å². The van der Waals surface area contributed by atoms with E-state index in [1.807, 2.05) is 0 Å². The van der Waals surface area contributed by atoms with Crippen LogP contribution >= 0.6 is 15.9 Å². The molecule has 0 amide bonds. The number of pyridine rings is 1. The molecule has 2 nitrogen and oxygen atoms in total. The van der Waals surface area contributed by atoms with E-state index in [4.69, 9.17) is 4.98 Å². The number of aromatic nitrogens is 1. The zero-order chi connectivity index (χ0) is 11.7. The van der Waals surface area contributed by atoms with Gasteiger partial charge < -0.3 is 4.90 Å². The second kappa shape index (κ2) is 4.97. The quantitative estimate of drug-likeness (QED) is 0.779. The minimum absolute atomic E-state index is 0.791. The van der Waals surface area contributed by atoms with Gasteiger partial charge in [-0.3, -0.25) is 0 Å². The van der Waals surface area contributed by atoms with E-state index < -0.39 is 0 Å². The zero-order valence-corrected chi connectivity index (χ0v) is 11.7. The molecule has 0 radical (unpaired) electrons. The van der Waals surface area contributed by atoms with E-state index in [0.29, 0.717) is 0 Å². The topological polar surface area (TPSA) is 16.1 Å². The number of hydrogen-bond acceptors (Lipinski definition) is 2. The molecule has 2 aliphatic rings. The van der Waals surface area contributed by atoms with Crippen molar-refractivity contribution in [2.45, 2.75) is 32.1 Å². The van der Waals surface area contributed by atoms with Crippen molar-refractivity contribution in [2.75, 3.05) is 23.3 Å². The molecule has 1 fully saturated rings. The summed E-state index contributed by atoms with van der Waals surface area (Å²) in [6, 6.07) is 4.52. The number of hydrogen-bond donors (Lipinski definition) is 0. The van der Waals surface area contributed by atoms with Gasteiger partial charge in [0, 0.05) is 24.1 Å². The highest BCUT2D eigenvalue weighted by Gasteiger charge is 2.21. The molecule has 3 heteroatoms. The van der Waals surface area contributed by atoms with Gasteiger partial charge >= 0.3 is 0 Å². The summed E-state index contributed by atoms with van der Waals surface area (Å²) < 4.78 is 0. The highest BCUT2D eigenvalue weighted by atomic mass is 79.9. The van der Waals surface area contributed by atoms with E-state index in [-0.39, 0.29) is 0 Å². The van der Waals surface area contributed by atoms with Crippen molar-refractivity contribution in [1.82, 2.24) is 4.98 Å². The Hall–Kier alpha value is -0.570. The van der Waals surface area contributed by atoms with E-state index in [1.54, 1.807) is 0 Å². The summed E-state index contributed by atoms with van der Waals surface area (Å²) in [5, 5.41) is 1.12. The molecule has 1 aliphatic carbocycles. The van der Waals surface area contributed by atoms with Gasteiger partial charge in [0.2, 0.25) is 0 Å². The van der Waals surface area contributed by atoms with Crippen LogP contribution in [0.4, 0.5) is 5.82 Å². The van der Waals surface area contributed by atoms with Gasteiger partial charge in [-0.25, -0.2) is 4.98 Å². The Balaban J connectivity index is 1.79. The molecule has 17 heavy (non-hydrogen) atoms. The third kappa shape index (κ3) is 2.35. The first kappa shape index (κ1) is 11.5. The number of fused-ring (bicyclic) bond motifs is 1. The average molecular weight is 295 g/mol. The predicted octanol–water partition coefficient (Wildman–Crippen LogP) is 3.18. The number of nitrogens with zero attached hydrogens (tertiary/aromatic N) is 2. The van der Waals surface area contributed by atoms with E-state index in [2.05, 4.69) is 33.0 Å². The van der Waals surface area contributed by atoms with Crippen molar-refractivity contribution < 1.29 is 0 Å². The van der Waals surface area contributed by atoms with Crippen LogP contribution in [0.1, 0.15) is 30.5 Å². The molecule has 3 rings (SSSR count). The number of halogens is 1. The number of anilines is 1. The van der Waals surface area contributed by atoms with Gasteiger partial charge in [-0.2, -0.15) is 0 Å². The van der Waals surface area contributed by atoms with Crippen LogP contribution in [-0.2, 0) is 12.8 Å². The lowest BCUT2D eigenvalue weighted by Gasteiger charge is -2.33. The standard InChI is InChI=1S/C14H19BrN2/c15-9-11-3-2-8-17(10-11)14-7-6-12-4-1-5-13(12)16-14/h6-7,11H,1-5,8-10H2. The second-order valence-corrected chi connectivity index (χ2v) is 5.88. The van der Waals surface area contributed by atoms with Gasteiger partial charge in [-0.15, -0.1) is 0 Å². The molecule has 0 saturated carbocycles. The molecule has 1 atom stereocenters. The van der Waals surface area contributed by atoms with Crippen molar-refractivity contribution in [3.63, 3.8) is 0 Å². The number of piperidine rings is 1. The number of aryl methyl sites for hydroxylation is 2. The van der Waals surface area contributed by atoms with Crippen LogP contribution < -0.4 is 4.90 Å². The fraction of sp³-hybridized carbons (Fsp3) is 0.643. The minimum atomic E-state index is 0.791. The van der Waals surface area contributed by atoms with Gasteiger partial charge in [-0.05, 0) is 49.7 Å². The van der Waals surface area contributed by atoms with Crippen LogP contribution in [0.5, 0.6) is 0 Å². The molecule has 0 spiro atoms. The minimum Gasteiger partial charge on any atom is -0.356 e. The van der Waals surface area contributed by atoms with Gasteiger partial charge in [0.25, 0.3) is 0 Å². The maximum Gasteiger partial charge on any atom is 0.128 e. The lowest BCUT2D eigenvalue weighted by atomic mass is 10.0. The Morgan fingerprint density at radius 3 is 3.12 bits per heavy atom. The summed E-state index contributed by atoms with van der Waals surface area (Å²) >= 11 is 3.61. The molecule has 92 valence electrons. The SMILES string of the molecule is BrCC1CCCN(c2ccc3c(n2)CCC3)C1. The zero-order valence-electron chi connectivity index (χ0n) is 10.2. The van der Waals surface area contributed by atoms with Crippen LogP contribution in [0, 0.1) is 5.92 Å². The van der Waals surface area contributed by atoms with Gasteiger partial charge in [0.15, 0.2) is 0 Å². The van der Waals surface area contributed by atoms with Crippen molar-refractivity contribution in [3.05, 3.63) is 23.4 Å². The maximum atomic E-state index is 4.86. The monoisotopic (exact) mass is 294 g/mol. The number of alkyl halides is 1. The predicted molar refractivity (Wildman–Crippen MR) is 75.0 cm³/mol. The molecular weight excluding hydrogens is 276 g/mol. The largest absolute Gasteiger partial charge is 0.356 e. The number of rotatable bonds is 2. The van der Waals surface area contributed by atoms with Crippen molar-refractivity contribution in [3.8, 4) is 0 Å². The Morgan fingerprint density at radius 2 is 2.24 bits per heavy atom. The van der Waals surface area contributed by atoms with E-state index >= 15 is 0 Å². The molecule has 1 saturated heterocycles. The Labute approximate surface area is 112 Å². The Morgan fingerprint density at radius 1 is 1.29 bits per heavy atom. The van der Waals surface area contributed by atoms with E-state index in [9.17, 15) is 0 Å². The highest BCUT2D eigenvalue weighted by molar-refractivity contribution is 9.09. The summed E-state index contributed by atoms with van der Waals surface area (Å²) in [5.41, 5.74) is 2.83. The third-order valence-electron chi connectivity index (χ3n) is 3.97. The molecule has 1 aliphatic heterocycles. The highest BCUT2D eigenvalue weighted by Crippen LogP contribution is 2.26. The summed E-state index contributed by atoms with van der Waals surface area (Å²) in [6.07, 6.45) is 6.35. The summed E-state index contributed by atoms with van der Waals surface area (Å²) in [4.78, 5) is 7.32. The molecule has 2 heterocycles. The summed E-state index contributed by atoms with van der Waals surface area (Å²) in [6.45, 7) is 2.34. The van der Waals surface area contributed by atoms with Gasteiger partial charge in [-0.1, -0.05) is 22.0 Å². The average Bonchev–Trinajstić information content (AvgIpc) is 2.86. The van der Waals surface area contributed by atoms with Gasteiger partial charge in [0.05, 0.1) is 0 Å².